The lowest BCUT2D eigenvalue weighted by atomic mass is 10.1. The molecule has 3 N–H and O–H groups in total. The Balaban J connectivity index is 0.00000342. The number of carbonyl (C=O) groups is 1. The van der Waals surface area contributed by atoms with Gasteiger partial charge in [-0.1, -0.05) is 25.6 Å². The van der Waals surface area contributed by atoms with E-state index in [9.17, 15) is 14.3 Å². The lowest BCUT2D eigenvalue weighted by Crippen LogP contribution is -2.28. The van der Waals surface area contributed by atoms with Gasteiger partial charge in [0.1, 0.15) is 11.9 Å². The number of amides is 1. The Morgan fingerprint density at radius 2 is 2.00 bits per heavy atom. The summed E-state index contributed by atoms with van der Waals surface area (Å²) in [5.41, 5.74) is 2.10. The van der Waals surface area contributed by atoms with Crippen LogP contribution in [0.2, 0.25) is 0 Å². The van der Waals surface area contributed by atoms with E-state index in [2.05, 4.69) is 10.3 Å². The van der Waals surface area contributed by atoms with Crippen LogP contribution in [0.1, 0.15) is 29.6 Å². The van der Waals surface area contributed by atoms with Gasteiger partial charge in [0.15, 0.2) is 17.4 Å². The number of ether oxygens (including phenoxy) is 2. The second-order valence-electron chi connectivity index (χ2n) is 7.20. The first-order valence-electron chi connectivity index (χ1n) is 10.2. The van der Waals surface area contributed by atoms with E-state index >= 15 is 0 Å². The highest BCUT2D eigenvalue weighted by Gasteiger charge is 2.16. The molecule has 0 aliphatic rings. The van der Waals surface area contributed by atoms with Crippen molar-refractivity contribution in [3.8, 4) is 22.8 Å². The van der Waals surface area contributed by atoms with Crippen molar-refractivity contribution in [2.75, 3.05) is 19.6 Å². The summed E-state index contributed by atoms with van der Waals surface area (Å²) >= 11 is 1.83. The summed E-state index contributed by atoms with van der Waals surface area (Å²) in [5.74, 6) is 0.0709. The minimum absolute atomic E-state index is 0. The highest BCUT2D eigenvalue weighted by atomic mass is 32.2. The second kappa shape index (κ2) is 12.0. The number of methoxy groups -OCH3 is 1. The summed E-state index contributed by atoms with van der Waals surface area (Å²) < 4.78 is 34.0. The Hall–Kier alpha value is -3.18. The molecule has 10 heteroatoms. The average molecular weight is 517 g/mol. The average Bonchev–Trinajstić information content (AvgIpc) is 3.31. The van der Waals surface area contributed by atoms with Gasteiger partial charge in [-0.15, -0.1) is 11.3 Å². The van der Waals surface area contributed by atoms with Crippen molar-refractivity contribution in [3.63, 3.8) is 0 Å². The number of hydrogen-bond acceptors (Lipinski definition) is 8. The van der Waals surface area contributed by atoms with E-state index < -0.39 is 12.0 Å². The van der Waals surface area contributed by atoms with E-state index in [4.69, 9.17) is 14.0 Å². The maximum atomic E-state index is 14.0. The molecule has 1 amide bonds. The predicted octanol–water partition coefficient (Wildman–Crippen LogP) is 5.75. The van der Waals surface area contributed by atoms with E-state index in [-0.39, 0.29) is 25.7 Å². The number of aromatic nitrogens is 1. The van der Waals surface area contributed by atoms with E-state index in [1.54, 1.807) is 36.4 Å². The zero-order valence-electron chi connectivity index (χ0n) is 18.0. The summed E-state index contributed by atoms with van der Waals surface area (Å²) in [5, 5.41) is 15.9. The molecule has 35 heavy (non-hydrogen) atoms. The summed E-state index contributed by atoms with van der Waals surface area (Å²) in [7, 11) is 1.45. The van der Waals surface area contributed by atoms with Gasteiger partial charge in [-0.05, 0) is 36.4 Å². The lowest BCUT2D eigenvalue weighted by molar-refractivity contribution is 0.0913. The van der Waals surface area contributed by atoms with Crippen LogP contribution in [-0.4, -0.2) is 40.1 Å². The van der Waals surface area contributed by atoms with Crippen molar-refractivity contribution in [1.29, 1.82) is 0 Å². The van der Waals surface area contributed by atoms with E-state index in [0.717, 1.165) is 10.9 Å². The number of fused-ring (bicyclic) bond motifs is 1. The van der Waals surface area contributed by atoms with Gasteiger partial charge in [-0.3, -0.25) is 4.79 Å². The van der Waals surface area contributed by atoms with Gasteiger partial charge in [0.05, 0.1) is 23.2 Å². The highest BCUT2D eigenvalue weighted by Crippen LogP contribution is 2.35. The molecule has 0 aliphatic carbocycles. The van der Waals surface area contributed by atoms with Gasteiger partial charge in [-0.25, -0.2) is 9.37 Å². The summed E-state index contributed by atoms with van der Waals surface area (Å²) in [6.07, 6.45) is -1.04. The number of benzene rings is 2. The Bertz CT molecular complexity index is 1310. The Labute approximate surface area is 210 Å². The van der Waals surface area contributed by atoms with Gasteiger partial charge in [0.2, 0.25) is 0 Å². The van der Waals surface area contributed by atoms with Crippen molar-refractivity contribution < 1.29 is 28.3 Å². The maximum Gasteiger partial charge on any atom is 0.251 e. The number of aliphatic hydroxyl groups excluding tert-OH is 1. The van der Waals surface area contributed by atoms with Gasteiger partial charge in [-0.2, -0.15) is 0 Å². The van der Waals surface area contributed by atoms with E-state index in [1.165, 1.54) is 30.6 Å². The molecule has 0 radical (unpaired) electrons. The lowest BCUT2D eigenvalue weighted by Gasteiger charge is -2.14. The molecular weight excluding hydrogens is 491 g/mol. The zero-order chi connectivity index (χ0) is 24.1. The van der Waals surface area contributed by atoms with Crippen LogP contribution in [0, 0.1) is 5.82 Å². The van der Waals surface area contributed by atoms with Crippen LogP contribution in [-0.2, 0) is 0 Å². The van der Waals surface area contributed by atoms with Crippen LogP contribution in [0.25, 0.3) is 21.3 Å². The van der Waals surface area contributed by atoms with Crippen molar-refractivity contribution in [3.05, 3.63) is 77.1 Å². The van der Waals surface area contributed by atoms with Crippen molar-refractivity contribution in [1.82, 2.24) is 10.3 Å². The fourth-order valence-corrected chi connectivity index (χ4v) is 4.57. The minimum atomic E-state index is -1.04. The van der Waals surface area contributed by atoms with Crippen LogP contribution < -0.4 is 14.8 Å². The SMILES string of the molecule is C.COc1cc(C(=O)NCC(O)c2cccc(-c3csc4c(F)cccc34)n2)ccc1OCSO. The Kier molecular flexibility index (Phi) is 9.05. The molecule has 7 nitrogen and oxygen atoms in total. The number of rotatable bonds is 9. The van der Waals surface area contributed by atoms with Crippen molar-refractivity contribution in [2.45, 2.75) is 13.5 Å². The zero-order valence-corrected chi connectivity index (χ0v) is 19.7. The molecule has 184 valence electrons. The van der Waals surface area contributed by atoms with Crippen LogP contribution in [0.4, 0.5) is 4.39 Å². The summed E-state index contributed by atoms with van der Waals surface area (Å²) in [6.45, 7) is -0.0595. The van der Waals surface area contributed by atoms with Crippen LogP contribution in [0.5, 0.6) is 11.5 Å². The van der Waals surface area contributed by atoms with Gasteiger partial charge >= 0.3 is 0 Å². The second-order valence-corrected chi connectivity index (χ2v) is 8.57. The number of pyridine rings is 1. The standard InChI is InChI=1S/C24H21FN2O5S2.CH4/c1-31-22-10-14(8-9-21(22)32-13-34-30)24(29)26-11-20(28)19-7-3-6-18(27-19)16-12-33-23-15(16)4-2-5-17(23)25;/h2-10,12,20,28,30H,11,13H2,1H3,(H,26,29);1H4. The van der Waals surface area contributed by atoms with E-state index in [1.807, 2.05) is 11.4 Å². The Morgan fingerprint density at radius 3 is 2.77 bits per heavy atom. The first kappa shape index (κ1) is 26.4. The third-order valence-electron chi connectivity index (χ3n) is 5.09. The molecule has 0 bridgehead atoms. The van der Waals surface area contributed by atoms with Gasteiger partial charge in [0, 0.05) is 40.5 Å². The third kappa shape index (κ3) is 5.91. The minimum Gasteiger partial charge on any atom is -0.493 e. The number of hydrogen-bond donors (Lipinski definition) is 3. The summed E-state index contributed by atoms with van der Waals surface area (Å²) in [4.78, 5) is 17.1. The summed E-state index contributed by atoms with van der Waals surface area (Å²) in [6, 6.07) is 14.8. The quantitative estimate of drug-likeness (QED) is 0.192. The van der Waals surface area contributed by atoms with E-state index in [0.29, 0.717) is 45.2 Å². The van der Waals surface area contributed by atoms with Crippen molar-refractivity contribution >= 4 is 39.4 Å². The molecule has 0 aliphatic heterocycles. The molecule has 0 saturated heterocycles. The maximum absolute atomic E-state index is 14.0. The topological polar surface area (TPSA) is 101 Å². The predicted molar refractivity (Wildman–Crippen MR) is 138 cm³/mol. The number of thiophene rings is 1. The van der Waals surface area contributed by atoms with Crippen molar-refractivity contribution in [2.24, 2.45) is 0 Å². The fourth-order valence-electron chi connectivity index (χ4n) is 3.42. The van der Waals surface area contributed by atoms with Crippen LogP contribution in [0.3, 0.4) is 0 Å². The Morgan fingerprint density at radius 1 is 1.20 bits per heavy atom. The number of carbonyl (C=O) groups excluding carboxylic acids is 1. The molecule has 0 fully saturated rings. The molecule has 2 aromatic heterocycles. The molecule has 1 unspecified atom stereocenters. The number of halogens is 1. The van der Waals surface area contributed by atoms with Crippen LogP contribution in [0.15, 0.2) is 60.0 Å². The number of aliphatic hydroxyl groups is 1. The molecular formula is C25H25FN2O5S2. The first-order chi connectivity index (χ1) is 16.5. The van der Waals surface area contributed by atoms with Gasteiger partial charge < -0.3 is 24.4 Å². The first-order valence-corrected chi connectivity index (χ1v) is 12.0. The third-order valence-corrected chi connectivity index (χ3v) is 6.32. The number of nitrogens with zero attached hydrogens (tertiary/aromatic N) is 1. The molecule has 1 atom stereocenters. The molecule has 4 rings (SSSR count). The molecule has 2 aromatic carbocycles. The van der Waals surface area contributed by atoms with Crippen LogP contribution >= 0.6 is 23.4 Å². The number of nitrogens with one attached hydrogen (secondary N) is 1. The fraction of sp³-hybridized carbons (Fsp3) is 0.200. The molecule has 0 saturated carbocycles. The highest BCUT2D eigenvalue weighted by molar-refractivity contribution is 7.93. The molecule has 4 aromatic rings. The smallest absolute Gasteiger partial charge is 0.251 e. The largest absolute Gasteiger partial charge is 0.493 e. The normalized spacial score (nSPS) is 11.5. The molecule has 0 spiro atoms. The van der Waals surface area contributed by atoms with Gasteiger partial charge in [0.25, 0.3) is 5.91 Å². The molecule has 2 heterocycles. The monoisotopic (exact) mass is 516 g/mol.